The molecule has 1 aliphatic carbocycles. The molecule has 11 heteroatoms. The lowest BCUT2D eigenvalue weighted by atomic mass is 9.93. The third kappa shape index (κ3) is 9.03. The number of nitrogens with one attached hydrogen (secondary N) is 1. The normalized spacial score (nSPS) is 19.7. The zero-order chi connectivity index (χ0) is 36.2. The summed E-state index contributed by atoms with van der Waals surface area (Å²) in [6.07, 6.45) is 9.06. The van der Waals surface area contributed by atoms with Crippen LogP contribution in [0.3, 0.4) is 0 Å². The fourth-order valence-electron chi connectivity index (χ4n) is 8.43. The molecule has 3 aromatic rings. The summed E-state index contributed by atoms with van der Waals surface area (Å²) < 4.78 is 1.96. The van der Waals surface area contributed by atoms with Crippen LogP contribution in [-0.4, -0.2) is 99.7 Å². The topological polar surface area (TPSA) is 124 Å². The van der Waals surface area contributed by atoms with Gasteiger partial charge in [0.2, 0.25) is 5.91 Å². The first-order valence-electron chi connectivity index (χ1n) is 19.6. The highest BCUT2D eigenvalue weighted by Gasteiger charge is 2.30. The molecule has 11 nitrogen and oxygen atoms in total. The minimum absolute atomic E-state index is 0.0543. The number of aliphatic carboxylic acids is 1. The minimum atomic E-state index is -0.795. The average molecular weight is 710 g/mol. The van der Waals surface area contributed by atoms with Gasteiger partial charge in [0.1, 0.15) is 11.6 Å². The number of likely N-dealkylation sites (tertiary alicyclic amines) is 1. The van der Waals surface area contributed by atoms with Gasteiger partial charge in [-0.25, -0.2) is 9.67 Å². The summed E-state index contributed by atoms with van der Waals surface area (Å²) in [4.78, 5) is 49.0. The van der Waals surface area contributed by atoms with E-state index >= 15 is 0 Å². The molecule has 1 amide bonds. The van der Waals surface area contributed by atoms with Gasteiger partial charge in [0.15, 0.2) is 0 Å². The van der Waals surface area contributed by atoms with E-state index in [2.05, 4.69) is 51.5 Å². The van der Waals surface area contributed by atoms with Gasteiger partial charge in [-0.2, -0.15) is 5.10 Å². The number of aryl methyl sites for hydroxylation is 4. The number of piperazine rings is 1. The summed E-state index contributed by atoms with van der Waals surface area (Å²) in [6.45, 7) is 10.3. The molecule has 2 N–H and O–H groups in total. The van der Waals surface area contributed by atoms with Crippen molar-refractivity contribution >= 4 is 29.2 Å². The Morgan fingerprint density at radius 3 is 2.52 bits per heavy atom. The Morgan fingerprint density at radius 1 is 0.962 bits per heavy atom. The van der Waals surface area contributed by atoms with Gasteiger partial charge < -0.3 is 25.1 Å². The van der Waals surface area contributed by atoms with E-state index in [1.807, 2.05) is 23.4 Å². The molecular weight excluding hydrogens is 654 g/mol. The van der Waals surface area contributed by atoms with Crippen molar-refractivity contribution in [3.63, 3.8) is 0 Å². The average Bonchev–Trinajstić information content (AvgIpc) is 3.81. The van der Waals surface area contributed by atoms with Crippen molar-refractivity contribution in [1.82, 2.24) is 24.6 Å². The van der Waals surface area contributed by atoms with Crippen LogP contribution in [0.5, 0.6) is 0 Å². The monoisotopic (exact) mass is 709 g/mol. The van der Waals surface area contributed by atoms with E-state index in [4.69, 9.17) is 10.1 Å². The maximum atomic E-state index is 13.0. The Bertz CT molecular complexity index is 1760. The van der Waals surface area contributed by atoms with Crippen LogP contribution in [0.1, 0.15) is 91.9 Å². The Hall–Kier alpha value is -4.25. The molecule has 4 aliphatic rings. The van der Waals surface area contributed by atoms with Crippen LogP contribution in [0.15, 0.2) is 36.4 Å². The fraction of sp³-hybridized carbons (Fsp3) is 0.585. The summed E-state index contributed by atoms with van der Waals surface area (Å²) in [5.74, 6) is 1.34. The van der Waals surface area contributed by atoms with Crippen molar-refractivity contribution < 1.29 is 19.5 Å². The maximum absolute atomic E-state index is 13.0. The standard InChI is InChI=1S/C41H55N7O4/c1-28-21-29(2)48(44-28)37-23-33(22-36(25-37)46-17-19-47(20-18-46)39(50)7-3-6-38(49)31-9-10-31)34(24-40(51)52)27-45-16-14-30(26-45)8-12-35-13-11-32-5-4-15-42-41(32)43-35/h11,13,21-23,25,30-31,34H,3-10,12,14-20,24,26-27H2,1-2H3,(H,42,43)(H,51,52)/t30-,34-/m1/s1. The van der Waals surface area contributed by atoms with Gasteiger partial charge >= 0.3 is 5.97 Å². The molecule has 52 heavy (non-hydrogen) atoms. The third-order valence-electron chi connectivity index (χ3n) is 11.5. The summed E-state index contributed by atoms with van der Waals surface area (Å²) >= 11 is 0. The van der Waals surface area contributed by atoms with Crippen molar-refractivity contribution in [1.29, 1.82) is 0 Å². The van der Waals surface area contributed by atoms with Gasteiger partial charge in [-0.1, -0.05) is 6.07 Å². The molecule has 0 spiro atoms. The lowest BCUT2D eigenvalue weighted by Gasteiger charge is -2.37. The van der Waals surface area contributed by atoms with Crippen molar-refractivity contribution in [3.8, 4) is 5.69 Å². The Balaban J connectivity index is 1.02. The number of Topliss-reactive ketones (excluding diaryl/α,β-unsaturated/α-hetero) is 1. The largest absolute Gasteiger partial charge is 0.481 e. The number of aromatic nitrogens is 3. The van der Waals surface area contributed by atoms with E-state index in [0.29, 0.717) is 63.7 Å². The predicted octanol–water partition coefficient (Wildman–Crippen LogP) is 5.55. The molecule has 2 aromatic heterocycles. The zero-order valence-corrected chi connectivity index (χ0v) is 31.0. The van der Waals surface area contributed by atoms with Crippen LogP contribution in [0.4, 0.5) is 11.5 Å². The number of carbonyl (C=O) groups excluding carboxylic acids is 2. The summed E-state index contributed by atoms with van der Waals surface area (Å²) in [5.41, 5.74) is 7.39. The first-order valence-corrected chi connectivity index (χ1v) is 19.6. The lowest BCUT2D eigenvalue weighted by Crippen LogP contribution is -2.48. The number of carbonyl (C=O) groups is 3. The number of hydrogen-bond acceptors (Lipinski definition) is 8. The fourth-order valence-corrected chi connectivity index (χ4v) is 8.43. The Labute approximate surface area is 307 Å². The summed E-state index contributed by atoms with van der Waals surface area (Å²) in [6, 6.07) is 12.9. The van der Waals surface area contributed by atoms with E-state index in [1.54, 1.807) is 0 Å². The lowest BCUT2D eigenvalue weighted by molar-refractivity contribution is -0.137. The second-order valence-electron chi connectivity index (χ2n) is 15.7. The molecule has 3 fully saturated rings. The van der Waals surface area contributed by atoms with Crippen LogP contribution < -0.4 is 10.2 Å². The SMILES string of the molecule is Cc1cc(C)n(-c2cc([C@H](CC(=O)O)CN3CC[C@@H](CCc4ccc5c(n4)NCCC5)C3)cc(N3CCN(C(=O)CCCC(=O)C4CC4)CC3)c2)n1. The number of pyridine rings is 1. The highest BCUT2D eigenvalue weighted by Crippen LogP contribution is 2.33. The number of carboxylic acids is 1. The van der Waals surface area contributed by atoms with Gasteiger partial charge in [0.05, 0.1) is 17.8 Å². The van der Waals surface area contributed by atoms with Gasteiger partial charge in [-0.15, -0.1) is 0 Å². The van der Waals surface area contributed by atoms with E-state index in [0.717, 1.165) is 104 Å². The quantitative estimate of drug-likeness (QED) is 0.209. The second-order valence-corrected chi connectivity index (χ2v) is 15.7. The van der Waals surface area contributed by atoms with E-state index < -0.39 is 5.97 Å². The molecule has 1 aromatic carbocycles. The number of fused-ring (bicyclic) bond motifs is 1. The second kappa shape index (κ2) is 16.2. The molecule has 2 saturated heterocycles. The molecular formula is C41H55N7O4. The van der Waals surface area contributed by atoms with Crippen LogP contribution >= 0.6 is 0 Å². The molecule has 278 valence electrons. The predicted molar refractivity (Wildman–Crippen MR) is 202 cm³/mol. The minimum Gasteiger partial charge on any atom is -0.481 e. The molecule has 0 unspecified atom stereocenters. The first kappa shape index (κ1) is 36.1. The number of hydrogen-bond donors (Lipinski definition) is 2. The van der Waals surface area contributed by atoms with Crippen LogP contribution in [0.2, 0.25) is 0 Å². The van der Waals surface area contributed by atoms with Gasteiger partial charge in [0.25, 0.3) is 0 Å². The van der Waals surface area contributed by atoms with Crippen LogP contribution in [0.25, 0.3) is 5.69 Å². The first-order chi connectivity index (χ1) is 25.2. The van der Waals surface area contributed by atoms with Gasteiger partial charge in [-0.05, 0) is 119 Å². The molecule has 0 radical (unpaired) electrons. The zero-order valence-electron chi connectivity index (χ0n) is 31.0. The van der Waals surface area contributed by atoms with Crippen molar-refractivity contribution in [2.45, 2.75) is 90.4 Å². The number of anilines is 2. The van der Waals surface area contributed by atoms with Crippen LogP contribution in [-0.2, 0) is 27.2 Å². The van der Waals surface area contributed by atoms with Gasteiger partial charge in [0, 0.05) is 87.6 Å². The van der Waals surface area contributed by atoms with E-state index in [1.165, 1.54) is 5.56 Å². The van der Waals surface area contributed by atoms with Crippen LogP contribution in [0, 0.1) is 25.7 Å². The number of nitrogens with zero attached hydrogens (tertiary/aromatic N) is 6. The maximum Gasteiger partial charge on any atom is 0.304 e. The Morgan fingerprint density at radius 2 is 1.77 bits per heavy atom. The van der Waals surface area contributed by atoms with Gasteiger partial charge in [-0.3, -0.25) is 14.4 Å². The summed E-state index contributed by atoms with van der Waals surface area (Å²) in [7, 11) is 0. The summed E-state index contributed by atoms with van der Waals surface area (Å²) in [5, 5.41) is 18.3. The molecule has 7 rings (SSSR count). The highest BCUT2D eigenvalue weighted by atomic mass is 16.4. The van der Waals surface area contributed by atoms with E-state index in [-0.39, 0.29) is 24.2 Å². The van der Waals surface area contributed by atoms with Crippen molar-refractivity contribution in [2.24, 2.45) is 11.8 Å². The Kier molecular flexibility index (Phi) is 11.2. The van der Waals surface area contributed by atoms with Crippen molar-refractivity contribution in [2.75, 3.05) is 62.6 Å². The molecule has 1 saturated carbocycles. The molecule has 2 atom stereocenters. The number of ketones is 1. The number of benzene rings is 1. The molecule has 0 bridgehead atoms. The molecule has 5 heterocycles. The number of rotatable bonds is 15. The van der Waals surface area contributed by atoms with Crippen molar-refractivity contribution in [3.05, 3.63) is 64.6 Å². The number of carboxylic acid groups (broad SMARTS) is 1. The number of amides is 1. The van der Waals surface area contributed by atoms with E-state index in [9.17, 15) is 19.5 Å². The molecule has 3 aliphatic heterocycles. The smallest absolute Gasteiger partial charge is 0.304 e. The highest BCUT2D eigenvalue weighted by molar-refractivity contribution is 5.84. The third-order valence-corrected chi connectivity index (χ3v) is 11.5.